The minimum Gasteiger partial charge on any atom is -0.388 e. The van der Waals surface area contributed by atoms with Gasteiger partial charge in [-0.25, -0.2) is 8.78 Å². The summed E-state index contributed by atoms with van der Waals surface area (Å²) < 4.78 is 26.4. The number of hydrogen-bond acceptors (Lipinski definition) is 2. The van der Waals surface area contributed by atoms with Crippen LogP contribution in [0.2, 0.25) is 5.02 Å². The quantitative estimate of drug-likeness (QED) is 0.881. The van der Waals surface area contributed by atoms with E-state index in [4.69, 9.17) is 11.6 Å². The average molecular weight is 276 g/mol. The lowest BCUT2D eigenvalue weighted by Gasteiger charge is -2.32. The molecule has 5 heteroatoms. The van der Waals surface area contributed by atoms with Crippen molar-refractivity contribution < 1.29 is 13.9 Å². The number of benzene rings is 1. The Morgan fingerprint density at radius 1 is 1.22 bits per heavy atom. The van der Waals surface area contributed by atoms with Crippen LogP contribution in [0.25, 0.3) is 0 Å². The highest BCUT2D eigenvalue weighted by Crippen LogP contribution is 2.31. The molecular formula is C13H16ClF2NO. The zero-order chi connectivity index (χ0) is 13.2. The van der Waals surface area contributed by atoms with E-state index in [0.29, 0.717) is 12.8 Å². The van der Waals surface area contributed by atoms with Crippen LogP contribution in [0.4, 0.5) is 14.5 Å². The molecule has 2 nitrogen and oxygen atoms in total. The molecule has 0 aliphatic heterocycles. The summed E-state index contributed by atoms with van der Waals surface area (Å²) in [5, 5.41) is 13.1. The molecule has 1 saturated carbocycles. The van der Waals surface area contributed by atoms with Crippen LogP contribution in [0.1, 0.15) is 32.1 Å². The van der Waals surface area contributed by atoms with Crippen LogP contribution in [-0.4, -0.2) is 17.3 Å². The molecule has 1 aromatic rings. The molecular weight excluding hydrogens is 260 g/mol. The van der Waals surface area contributed by atoms with Gasteiger partial charge in [-0.1, -0.05) is 30.9 Å². The first kappa shape index (κ1) is 13.6. The van der Waals surface area contributed by atoms with Gasteiger partial charge in [-0.2, -0.15) is 0 Å². The lowest BCUT2D eigenvalue weighted by atomic mass is 9.85. The molecule has 1 aromatic carbocycles. The van der Waals surface area contributed by atoms with Crippen LogP contribution in [0.5, 0.6) is 0 Å². The predicted molar refractivity (Wildman–Crippen MR) is 67.9 cm³/mol. The molecule has 1 fully saturated rings. The van der Waals surface area contributed by atoms with Crippen molar-refractivity contribution in [1.29, 1.82) is 0 Å². The number of hydrogen-bond donors (Lipinski definition) is 2. The van der Waals surface area contributed by atoms with Crippen molar-refractivity contribution in [3.05, 3.63) is 28.8 Å². The monoisotopic (exact) mass is 275 g/mol. The van der Waals surface area contributed by atoms with Crippen LogP contribution >= 0.6 is 11.6 Å². The van der Waals surface area contributed by atoms with Gasteiger partial charge in [0.2, 0.25) is 0 Å². The molecule has 2 N–H and O–H groups in total. The number of halogens is 3. The van der Waals surface area contributed by atoms with Crippen LogP contribution in [0.15, 0.2) is 12.1 Å². The largest absolute Gasteiger partial charge is 0.388 e. The average Bonchev–Trinajstić information content (AvgIpc) is 2.28. The van der Waals surface area contributed by atoms with Gasteiger partial charge in [0.05, 0.1) is 16.3 Å². The molecule has 0 unspecified atom stereocenters. The molecule has 18 heavy (non-hydrogen) atoms. The van der Waals surface area contributed by atoms with E-state index in [2.05, 4.69) is 5.32 Å². The minimum absolute atomic E-state index is 0.00749. The minimum atomic E-state index is -0.817. The molecule has 0 bridgehead atoms. The Bertz CT molecular complexity index is 410. The van der Waals surface area contributed by atoms with Gasteiger partial charge in [0.25, 0.3) is 0 Å². The Morgan fingerprint density at radius 3 is 2.50 bits per heavy atom. The molecule has 1 aliphatic carbocycles. The maximum Gasteiger partial charge on any atom is 0.150 e. The molecule has 0 heterocycles. The number of rotatable bonds is 3. The van der Waals surface area contributed by atoms with Gasteiger partial charge in [0.1, 0.15) is 5.82 Å². The van der Waals surface area contributed by atoms with Crippen LogP contribution in [0, 0.1) is 11.6 Å². The second-order valence-electron chi connectivity index (χ2n) is 4.88. The Morgan fingerprint density at radius 2 is 1.89 bits per heavy atom. The Balaban J connectivity index is 2.06. The van der Waals surface area contributed by atoms with Gasteiger partial charge in [-0.15, -0.1) is 0 Å². The van der Waals surface area contributed by atoms with E-state index in [9.17, 15) is 13.9 Å². The third kappa shape index (κ3) is 3.12. The van der Waals surface area contributed by atoms with E-state index in [1.165, 1.54) is 0 Å². The molecule has 0 atom stereocenters. The fourth-order valence-corrected chi connectivity index (χ4v) is 2.61. The molecule has 0 amide bonds. The van der Waals surface area contributed by atoms with Crippen molar-refractivity contribution in [1.82, 2.24) is 0 Å². The number of nitrogens with one attached hydrogen (secondary N) is 1. The summed E-state index contributed by atoms with van der Waals surface area (Å²) in [7, 11) is 0. The van der Waals surface area contributed by atoms with Crippen molar-refractivity contribution in [3.63, 3.8) is 0 Å². The summed E-state index contributed by atoms with van der Waals surface area (Å²) >= 11 is 5.77. The zero-order valence-corrected chi connectivity index (χ0v) is 10.7. The van der Waals surface area contributed by atoms with Gasteiger partial charge in [0, 0.05) is 12.6 Å². The Kier molecular flexibility index (Phi) is 4.07. The van der Waals surface area contributed by atoms with Crippen LogP contribution in [-0.2, 0) is 0 Å². The van der Waals surface area contributed by atoms with Gasteiger partial charge in [-0.3, -0.25) is 0 Å². The summed E-state index contributed by atoms with van der Waals surface area (Å²) in [5.41, 5.74) is -0.764. The van der Waals surface area contributed by atoms with Crippen LogP contribution < -0.4 is 5.32 Å². The summed E-state index contributed by atoms with van der Waals surface area (Å²) in [6.45, 7) is 0.231. The van der Waals surface area contributed by atoms with Gasteiger partial charge in [0.15, 0.2) is 5.82 Å². The number of aliphatic hydroxyl groups is 1. The standard InChI is InChI=1S/C13H16ClF2NO/c14-10-6-9(15)7-11(16)12(10)17-8-13(18)4-2-1-3-5-13/h6-7,17-18H,1-5,8H2. The third-order valence-corrected chi connectivity index (χ3v) is 3.68. The van der Waals surface area contributed by atoms with E-state index >= 15 is 0 Å². The van der Waals surface area contributed by atoms with Gasteiger partial charge in [-0.05, 0) is 18.9 Å². The first-order valence-corrected chi connectivity index (χ1v) is 6.49. The van der Waals surface area contributed by atoms with E-state index in [0.717, 1.165) is 31.4 Å². The first-order valence-electron chi connectivity index (χ1n) is 6.11. The molecule has 0 radical (unpaired) electrons. The van der Waals surface area contributed by atoms with Crippen LogP contribution in [0.3, 0.4) is 0 Å². The normalized spacial score (nSPS) is 18.7. The molecule has 1 aliphatic rings. The van der Waals surface area contributed by atoms with Crippen molar-refractivity contribution in [2.75, 3.05) is 11.9 Å². The fraction of sp³-hybridized carbons (Fsp3) is 0.538. The topological polar surface area (TPSA) is 32.3 Å². The van der Waals surface area contributed by atoms with Crippen molar-refractivity contribution in [3.8, 4) is 0 Å². The maximum absolute atomic E-state index is 13.5. The lowest BCUT2D eigenvalue weighted by Crippen LogP contribution is -2.39. The second kappa shape index (κ2) is 5.41. The van der Waals surface area contributed by atoms with Gasteiger partial charge >= 0.3 is 0 Å². The SMILES string of the molecule is OC1(CNc2c(F)cc(F)cc2Cl)CCCCC1. The number of anilines is 1. The van der Waals surface area contributed by atoms with Crippen molar-refractivity contribution >= 4 is 17.3 Å². The molecule has 0 aromatic heterocycles. The smallest absolute Gasteiger partial charge is 0.150 e. The molecule has 0 saturated heterocycles. The summed E-state index contributed by atoms with van der Waals surface area (Å²) in [5.74, 6) is -1.45. The highest BCUT2D eigenvalue weighted by atomic mass is 35.5. The summed E-state index contributed by atoms with van der Waals surface area (Å²) in [6, 6.07) is 1.83. The van der Waals surface area contributed by atoms with E-state index < -0.39 is 17.2 Å². The maximum atomic E-state index is 13.5. The van der Waals surface area contributed by atoms with Gasteiger partial charge < -0.3 is 10.4 Å². The highest BCUT2D eigenvalue weighted by Gasteiger charge is 2.29. The third-order valence-electron chi connectivity index (χ3n) is 3.39. The second-order valence-corrected chi connectivity index (χ2v) is 5.29. The fourth-order valence-electron chi connectivity index (χ4n) is 2.35. The zero-order valence-electron chi connectivity index (χ0n) is 9.98. The van der Waals surface area contributed by atoms with E-state index in [-0.39, 0.29) is 17.3 Å². The van der Waals surface area contributed by atoms with Crippen molar-refractivity contribution in [2.24, 2.45) is 0 Å². The molecule has 0 spiro atoms. The first-order chi connectivity index (χ1) is 8.50. The Hall–Kier alpha value is -0.870. The Labute approximate surface area is 110 Å². The highest BCUT2D eigenvalue weighted by molar-refractivity contribution is 6.33. The molecule has 100 valence electrons. The van der Waals surface area contributed by atoms with E-state index in [1.54, 1.807) is 0 Å². The predicted octanol–water partition coefficient (Wildman–Crippen LogP) is 3.73. The molecule has 2 rings (SSSR count). The van der Waals surface area contributed by atoms with Crippen molar-refractivity contribution in [2.45, 2.75) is 37.7 Å². The lowest BCUT2D eigenvalue weighted by molar-refractivity contribution is 0.0167. The summed E-state index contributed by atoms with van der Waals surface area (Å²) in [4.78, 5) is 0. The summed E-state index contributed by atoms with van der Waals surface area (Å²) in [6.07, 6.45) is 4.45. The van der Waals surface area contributed by atoms with E-state index in [1.807, 2.05) is 0 Å².